The summed E-state index contributed by atoms with van der Waals surface area (Å²) >= 11 is 6.21. The first-order valence-electron chi connectivity index (χ1n) is 10.2. The zero-order valence-corrected chi connectivity index (χ0v) is 18.6. The Labute approximate surface area is 186 Å². The van der Waals surface area contributed by atoms with Gasteiger partial charge in [-0.15, -0.1) is 0 Å². The number of imidazole rings is 1. The van der Waals surface area contributed by atoms with Crippen molar-refractivity contribution in [3.8, 4) is 11.3 Å². The van der Waals surface area contributed by atoms with Gasteiger partial charge in [-0.05, 0) is 30.7 Å². The van der Waals surface area contributed by atoms with Gasteiger partial charge in [0.1, 0.15) is 5.65 Å². The van der Waals surface area contributed by atoms with Crippen LogP contribution in [0.1, 0.15) is 28.5 Å². The maximum Gasteiger partial charge on any atom is 0.251 e. The van der Waals surface area contributed by atoms with Gasteiger partial charge in [-0.1, -0.05) is 17.7 Å². The van der Waals surface area contributed by atoms with E-state index in [1.807, 2.05) is 46.7 Å². The lowest BCUT2D eigenvalue weighted by atomic mass is 9.99. The molecule has 0 bridgehead atoms. The summed E-state index contributed by atoms with van der Waals surface area (Å²) in [6.07, 6.45) is 2.37. The summed E-state index contributed by atoms with van der Waals surface area (Å²) in [7, 11) is 1.62. The fourth-order valence-electron chi connectivity index (χ4n) is 4.04. The molecule has 0 saturated carbocycles. The van der Waals surface area contributed by atoms with Crippen LogP contribution in [0.15, 0.2) is 36.5 Å². The normalized spacial score (nSPS) is 16.5. The number of carbonyl (C=O) groups is 2. The van der Waals surface area contributed by atoms with Crippen LogP contribution in [-0.4, -0.2) is 58.9 Å². The lowest BCUT2D eigenvalue weighted by molar-refractivity contribution is -0.136. The van der Waals surface area contributed by atoms with E-state index in [9.17, 15) is 9.59 Å². The van der Waals surface area contributed by atoms with Crippen molar-refractivity contribution in [2.75, 3.05) is 26.7 Å². The summed E-state index contributed by atoms with van der Waals surface area (Å²) in [5.41, 5.74) is 5.05. The van der Waals surface area contributed by atoms with Crippen molar-refractivity contribution in [3.05, 3.63) is 58.4 Å². The standard InChI is InChI=1S/C23H25ClN4O3/c1-14-10-16(23(30)25-3)4-5-19(14)22-20(28-7-6-17(24)11-21(28)26-22)12-18-13-27(15(2)29)8-9-31-18/h4-7,10-11,18H,8-9,12-13H2,1-3H3,(H,25,30)/t18-/m0/s1. The van der Waals surface area contributed by atoms with Gasteiger partial charge in [-0.3, -0.25) is 9.59 Å². The van der Waals surface area contributed by atoms with Crippen molar-refractivity contribution < 1.29 is 14.3 Å². The van der Waals surface area contributed by atoms with Crippen molar-refractivity contribution >= 4 is 29.1 Å². The number of aromatic nitrogens is 2. The average molecular weight is 441 g/mol. The molecule has 1 aliphatic rings. The highest BCUT2D eigenvalue weighted by Crippen LogP contribution is 2.30. The first kappa shape index (κ1) is 21.3. The largest absolute Gasteiger partial charge is 0.374 e. The minimum absolute atomic E-state index is 0.0547. The number of ether oxygens (including phenoxy) is 1. The summed E-state index contributed by atoms with van der Waals surface area (Å²) in [4.78, 5) is 30.5. The second-order valence-electron chi connectivity index (χ2n) is 7.75. The maximum atomic E-state index is 12.0. The zero-order valence-electron chi connectivity index (χ0n) is 17.8. The molecule has 31 heavy (non-hydrogen) atoms. The molecule has 0 radical (unpaired) electrons. The smallest absolute Gasteiger partial charge is 0.251 e. The number of aryl methyl sites for hydroxylation is 1. The third-order valence-electron chi connectivity index (χ3n) is 5.66. The number of pyridine rings is 1. The van der Waals surface area contributed by atoms with Crippen LogP contribution in [0.5, 0.6) is 0 Å². The molecule has 1 aromatic carbocycles. The molecule has 0 spiro atoms. The third-order valence-corrected chi connectivity index (χ3v) is 5.90. The molecule has 3 aromatic rings. The SMILES string of the molecule is CNC(=O)c1ccc(-c2nc3cc(Cl)ccn3c2C[C@H]2CN(C(C)=O)CCO2)c(C)c1. The van der Waals surface area contributed by atoms with E-state index in [-0.39, 0.29) is 17.9 Å². The number of carbonyl (C=O) groups excluding carboxylic acids is 2. The number of nitrogens with one attached hydrogen (secondary N) is 1. The van der Waals surface area contributed by atoms with E-state index >= 15 is 0 Å². The van der Waals surface area contributed by atoms with E-state index in [0.717, 1.165) is 28.2 Å². The number of fused-ring (bicyclic) bond motifs is 1. The third kappa shape index (κ3) is 4.29. The highest BCUT2D eigenvalue weighted by molar-refractivity contribution is 6.30. The molecule has 1 fully saturated rings. The fourth-order valence-corrected chi connectivity index (χ4v) is 4.19. The minimum Gasteiger partial charge on any atom is -0.374 e. The summed E-state index contributed by atoms with van der Waals surface area (Å²) in [5, 5.41) is 3.26. The molecule has 1 atom stereocenters. The molecule has 162 valence electrons. The molecule has 3 heterocycles. The van der Waals surface area contributed by atoms with E-state index < -0.39 is 0 Å². The van der Waals surface area contributed by atoms with Gasteiger partial charge in [0.05, 0.1) is 24.1 Å². The first-order valence-corrected chi connectivity index (χ1v) is 10.6. The van der Waals surface area contributed by atoms with Crippen LogP contribution in [-0.2, 0) is 16.0 Å². The number of hydrogen-bond acceptors (Lipinski definition) is 4. The lowest BCUT2D eigenvalue weighted by Crippen LogP contribution is -2.45. The van der Waals surface area contributed by atoms with Gasteiger partial charge < -0.3 is 19.4 Å². The number of rotatable bonds is 4. The van der Waals surface area contributed by atoms with Crippen LogP contribution in [0, 0.1) is 6.92 Å². The molecule has 0 unspecified atom stereocenters. The molecule has 0 aliphatic carbocycles. The van der Waals surface area contributed by atoms with Gasteiger partial charge in [-0.2, -0.15) is 0 Å². The Morgan fingerprint density at radius 1 is 1.29 bits per heavy atom. The van der Waals surface area contributed by atoms with E-state index in [1.54, 1.807) is 20.0 Å². The number of benzene rings is 1. The molecule has 8 heteroatoms. The van der Waals surface area contributed by atoms with Crippen LogP contribution >= 0.6 is 11.6 Å². The van der Waals surface area contributed by atoms with Crippen molar-refractivity contribution in [1.82, 2.24) is 19.6 Å². The number of hydrogen-bond donors (Lipinski definition) is 1. The molecule has 7 nitrogen and oxygen atoms in total. The Morgan fingerprint density at radius 2 is 2.10 bits per heavy atom. The highest BCUT2D eigenvalue weighted by atomic mass is 35.5. The number of amides is 2. The Kier molecular flexibility index (Phi) is 5.98. The molecule has 1 aliphatic heterocycles. The van der Waals surface area contributed by atoms with E-state index in [1.165, 1.54) is 0 Å². The van der Waals surface area contributed by atoms with E-state index in [4.69, 9.17) is 21.3 Å². The van der Waals surface area contributed by atoms with Gasteiger partial charge in [0.25, 0.3) is 5.91 Å². The molecule has 4 rings (SSSR count). The number of morpholine rings is 1. The molecule has 2 amide bonds. The lowest BCUT2D eigenvalue weighted by Gasteiger charge is -2.32. The molecular formula is C23H25ClN4O3. The van der Waals surface area contributed by atoms with Gasteiger partial charge in [0.15, 0.2) is 0 Å². The monoisotopic (exact) mass is 440 g/mol. The first-order chi connectivity index (χ1) is 14.9. The Hall–Kier alpha value is -2.90. The van der Waals surface area contributed by atoms with Crippen LogP contribution in [0.3, 0.4) is 0 Å². The summed E-state index contributed by atoms with van der Waals surface area (Å²) in [5.74, 6) is -0.0735. The Bertz CT molecular complexity index is 1160. The Balaban J connectivity index is 1.77. The number of halogens is 1. The van der Waals surface area contributed by atoms with E-state index in [2.05, 4.69) is 5.32 Å². The van der Waals surface area contributed by atoms with Gasteiger partial charge in [0.2, 0.25) is 5.91 Å². The molecule has 2 aromatic heterocycles. The second-order valence-corrected chi connectivity index (χ2v) is 8.19. The van der Waals surface area contributed by atoms with Gasteiger partial charge >= 0.3 is 0 Å². The van der Waals surface area contributed by atoms with Crippen molar-refractivity contribution in [3.63, 3.8) is 0 Å². The van der Waals surface area contributed by atoms with Gasteiger partial charge in [-0.25, -0.2) is 4.98 Å². The van der Waals surface area contributed by atoms with Gasteiger partial charge in [0, 0.05) is 61.9 Å². The summed E-state index contributed by atoms with van der Waals surface area (Å²) in [6, 6.07) is 9.25. The molecule has 1 N–H and O–H groups in total. The van der Waals surface area contributed by atoms with Crippen molar-refractivity contribution in [2.24, 2.45) is 0 Å². The zero-order chi connectivity index (χ0) is 22.1. The van der Waals surface area contributed by atoms with Crippen molar-refractivity contribution in [1.29, 1.82) is 0 Å². The van der Waals surface area contributed by atoms with Crippen LogP contribution in [0.2, 0.25) is 5.02 Å². The van der Waals surface area contributed by atoms with E-state index in [0.29, 0.717) is 36.7 Å². The average Bonchev–Trinajstić information content (AvgIpc) is 3.10. The number of nitrogens with zero attached hydrogens (tertiary/aromatic N) is 3. The predicted molar refractivity (Wildman–Crippen MR) is 119 cm³/mol. The minimum atomic E-state index is -0.128. The molecular weight excluding hydrogens is 416 g/mol. The summed E-state index contributed by atoms with van der Waals surface area (Å²) in [6.45, 7) is 5.23. The second kappa shape index (κ2) is 8.69. The maximum absolute atomic E-state index is 12.0. The van der Waals surface area contributed by atoms with Crippen LogP contribution in [0.4, 0.5) is 0 Å². The van der Waals surface area contributed by atoms with Crippen LogP contribution in [0.25, 0.3) is 16.9 Å². The summed E-state index contributed by atoms with van der Waals surface area (Å²) < 4.78 is 7.99. The quantitative estimate of drug-likeness (QED) is 0.676. The highest BCUT2D eigenvalue weighted by Gasteiger charge is 2.26. The Morgan fingerprint density at radius 3 is 2.81 bits per heavy atom. The van der Waals surface area contributed by atoms with Crippen LogP contribution < -0.4 is 5.32 Å². The topological polar surface area (TPSA) is 75.9 Å². The van der Waals surface area contributed by atoms with Crippen molar-refractivity contribution in [2.45, 2.75) is 26.4 Å². The predicted octanol–water partition coefficient (Wildman–Crippen LogP) is 3.11. The fraction of sp³-hybridized carbons (Fsp3) is 0.348. The molecule has 1 saturated heterocycles.